The SMILES string of the molecule is C=CCc1ccc(OCCCn2c(CN3CCCCCC3)nc3ccccc32)c(OC)c1. The van der Waals surface area contributed by atoms with Crippen LogP contribution in [-0.2, 0) is 19.5 Å². The van der Waals surface area contributed by atoms with Crippen LogP contribution >= 0.6 is 0 Å². The van der Waals surface area contributed by atoms with Gasteiger partial charge in [-0.3, -0.25) is 4.90 Å². The zero-order chi connectivity index (χ0) is 22.2. The molecule has 0 aliphatic carbocycles. The van der Waals surface area contributed by atoms with Gasteiger partial charge in [-0.15, -0.1) is 6.58 Å². The van der Waals surface area contributed by atoms with Crippen LogP contribution in [0.15, 0.2) is 55.1 Å². The molecule has 1 fully saturated rings. The van der Waals surface area contributed by atoms with Crippen LogP contribution in [0.3, 0.4) is 0 Å². The zero-order valence-electron chi connectivity index (χ0n) is 19.3. The van der Waals surface area contributed by atoms with Gasteiger partial charge in [0.1, 0.15) is 5.82 Å². The third-order valence-corrected chi connectivity index (χ3v) is 6.19. The van der Waals surface area contributed by atoms with Crippen LogP contribution in [0.25, 0.3) is 11.0 Å². The molecule has 0 atom stereocenters. The van der Waals surface area contributed by atoms with Crippen LogP contribution in [-0.4, -0.2) is 41.3 Å². The number of likely N-dealkylation sites (tertiary alicyclic amines) is 1. The van der Waals surface area contributed by atoms with Gasteiger partial charge in [-0.1, -0.05) is 37.1 Å². The Bertz CT molecular complexity index is 1020. The Morgan fingerprint density at radius 3 is 2.62 bits per heavy atom. The highest BCUT2D eigenvalue weighted by Gasteiger charge is 2.16. The van der Waals surface area contributed by atoms with E-state index in [4.69, 9.17) is 14.5 Å². The van der Waals surface area contributed by atoms with Gasteiger partial charge in [0.25, 0.3) is 0 Å². The summed E-state index contributed by atoms with van der Waals surface area (Å²) in [5.41, 5.74) is 3.47. The van der Waals surface area contributed by atoms with E-state index in [2.05, 4.69) is 46.4 Å². The molecule has 0 spiro atoms. The molecule has 0 bridgehead atoms. The Balaban J connectivity index is 1.42. The summed E-state index contributed by atoms with van der Waals surface area (Å²) < 4.78 is 14.0. The molecule has 1 saturated heterocycles. The van der Waals surface area contributed by atoms with E-state index in [1.165, 1.54) is 55.7 Å². The second-order valence-electron chi connectivity index (χ2n) is 8.54. The molecule has 0 N–H and O–H groups in total. The third-order valence-electron chi connectivity index (χ3n) is 6.19. The summed E-state index contributed by atoms with van der Waals surface area (Å²) in [4.78, 5) is 7.55. The van der Waals surface area contributed by atoms with Crippen LogP contribution < -0.4 is 9.47 Å². The normalized spacial score (nSPS) is 14.9. The summed E-state index contributed by atoms with van der Waals surface area (Å²) in [5.74, 6) is 2.74. The van der Waals surface area contributed by atoms with Gasteiger partial charge >= 0.3 is 0 Å². The Hall–Kier alpha value is -2.79. The van der Waals surface area contributed by atoms with E-state index in [-0.39, 0.29) is 0 Å². The third kappa shape index (κ3) is 5.52. The number of aromatic nitrogens is 2. The Morgan fingerprint density at radius 2 is 1.84 bits per heavy atom. The molecule has 5 heteroatoms. The number of rotatable bonds is 10. The number of allylic oxidation sites excluding steroid dienone is 1. The van der Waals surface area contributed by atoms with Crippen molar-refractivity contribution in [1.29, 1.82) is 0 Å². The van der Waals surface area contributed by atoms with Crippen molar-refractivity contribution in [3.05, 3.63) is 66.5 Å². The molecule has 170 valence electrons. The van der Waals surface area contributed by atoms with E-state index in [0.29, 0.717) is 6.61 Å². The minimum absolute atomic E-state index is 0.632. The monoisotopic (exact) mass is 433 g/mol. The number of imidazole rings is 1. The average Bonchev–Trinajstić information content (AvgIpc) is 2.96. The Kier molecular flexibility index (Phi) is 7.83. The second kappa shape index (κ2) is 11.2. The van der Waals surface area contributed by atoms with Gasteiger partial charge in [-0.2, -0.15) is 0 Å². The van der Waals surface area contributed by atoms with Crippen LogP contribution in [0.2, 0.25) is 0 Å². The van der Waals surface area contributed by atoms with E-state index in [1.54, 1.807) is 7.11 Å². The summed E-state index contributed by atoms with van der Waals surface area (Å²) in [5, 5.41) is 0. The van der Waals surface area contributed by atoms with Gasteiger partial charge in [-0.25, -0.2) is 4.98 Å². The highest BCUT2D eigenvalue weighted by molar-refractivity contribution is 5.75. The van der Waals surface area contributed by atoms with Crippen molar-refractivity contribution in [3.8, 4) is 11.5 Å². The lowest BCUT2D eigenvalue weighted by atomic mass is 10.1. The first kappa shape index (κ1) is 22.4. The largest absolute Gasteiger partial charge is 0.493 e. The number of ether oxygens (including phenoxy) is 2. The number of methoxy groups -OCH3 is 1. The van der Waals surface area contributed by atoms with E-state index in [9.17, 15) is 0 Å². The second-order valence-corrected chi connectivity index (χ2v) is 8.54. The van der Waals surface area contributed by atoms with Gasteiger partial charge in [-0.05, 0) is 68.6 Å². The fourth-order valence-corrected chi connectivity index (χ4v) is 4.52. The van der Waals surface area contributed by atoms with Gasteiger partial charge < -0.3 is 14.0 Å². The van der Waals surface area contributed by atoms with Crippen molar-refractivity contribution in [2.45, 2.75) is 51.6 Å². The molecule has 0 unspecified atom stereocenters. The molecule has 5 nitrogen and oxygen atoms in total. The number of benzene rings is 2. The molecule has 0 saturated carbocycles. The molecule has 2 aromatic carbocycles. The molecule has 3 aromatic rings. The molecule has 1 aliphatic rings. The molecular formula is C27H35N3O2. The maximum absolute atomic E-state index is 6.08. The molecule has 32 heavy (non-hydrogen) atoms. The van der Waals surface area contributed by atoms with E-state index in [0.717, 1.165) is 42.9 Å². The van der Waals surface area contributed by atoms with Crippen LogP contribution in [0.5, 0.6) is 11.5 Å². The number of nitrogens with zero attached hydrogens (tertiary/aromatic N) is 3. The first-order valence-corrected chi connectivity index (χ1v) is 11.9. The quantitative estimate of drug-likeness (QED) is 0.307. The van der Waals surface area contributed by atoms with Crippen molar-refractivity contribution in [3.63, 3.8) is 0 Å². The zero-order valence-corrected chi connectivity index (χ0v) is 19.3. The summed E-state index contributed by atoms with van der Waals surface area (Å²) >= 11 is 0. The number of hydrogen-bond donors (Lipinski definition) is 0. The molecule has 1 aromatic heterocycles. The van der Waals surface area contributed by atoms with Crippen molar-refractivity contribution < 1.29 is 9.47 Å². The summed E-state index contributed by atoms with van der Waals surface area (Å²) in [6.45, 7) is 8.60. The first-order chi connectivity index (χ1) is 15.8. The number of para-hydroxylation sites is 2. The Labute approximate surface area is 191 Å². The lowest BCUT2D eigenvalue weighted by Gasteiger charge is -2.20. The number of fused-ring (bicyclic) bond motifs is 1. The average molecular weight is 434 g/mol. The van der Waals surface area contributed by atoms with Crippen molar-refractivity contribution >= 4 is 11.0 Å². The molecule has 2 heterocycles. The van der Waals surface area contributed by atoms with Crippen molar-refractivity contribution in [2.75, 3.05) is 26.8 Å². The Morgan fingerprint density at radius 1 is 1.03 bits per heavy atom. The standard InChI is InChI=1S/C27H35N3O2/c1-3-11-22-14-15-25(26(20-22)31-2)32-19-10-18-30-24-13-7-6-12-23(24)28-27(30)21-29-16-8-4-5-9-17-29/h3,6-7,12-15,20H,1,4-5,8-11,16-19,21H2,2H3. The van der Waals surface area contributed by atoms with Gasteiger partial charge in [0.15, 0.2) is 11.5 Å². The van der Waals surface area contributed by atoms with Crippen molar-refractivity contribution in [1.82, 2.24) is 14.5 Å². The summed E-state index contributed by atoms with van der Waals surface area (Å²) in [6, 6.07) is 14.6. The topological polar surface area (TPSA) is 39.5 Å². The smallest absolute Gasteiger partial charge is 0.161 e. The maximum Gasteiger partial charge on any atom is 0.161 e. The maximum atomic E-state index is 6.08. The fourth-order valence-electron chi connectivity index (χ4n) is 4.52. The van der Waals surface area contributed by atoms with E-state index >= 15 is 0 Å². The van der Waals surface area contributed by atoms with Crippen LogP contribution in [0, 0.1) is 0 Å². The predicted molar refractivity (Wildman–Crippen MR) is 130 cm³/mol. The van der Waals surface area contributed by atoms with Gasteiger partial charge in [0.2, 0.25) is 0 Å². The summed E-state index contributed by atoms with van der Waals surface area (Å²) in [7, 11) is 1.69. The lowest BCUT2D eigenvalue weighted by Crippen LogP contribution is -2.26. The molecule has 1 aliphatic heterocycles. The van der Waals surface area contributed by atoms with Crippen LogP contribution in [0.1, 0.15) is 43.5 Å². The highest BCUT2D eigenvalue weighted by Crippen LogP contribution is 2.28. The van der Waals surface area contributed by atoms with E-state index < -0.39 is 0 Å². The van der Waals surface area contributed by atoms with Crippen LogP contribution in [0.4, 0.5) is 0 Å². The molecule has 0 radical (unpaired) electrons. The number of hydrogen-bond acceptors (Lipinski definition) is 4. The predicted octanol–water partition coefficient (Wildman–Crippen LogP) is 5.62. The molecule has 4 rings (SSSR count). The van der Waals surface area contributed by atoms with Gasteiger partial charge in [0, 0.05) is 6.54 Å². The van der Waals surface area contributed by atoms with E-state index in [1.807, 2.05) is 18.2 Å². The lowest BCUT2D eigenvalue weighted by molar-refractivity contribution is 0.261. The fraction of sp³-hybridized carbons (Fsp3) is 0.444. The first-order valence-electron chi connectivity index (χ1n) is 11.9. The number of aryl methyl sites for hydroxylation is 1. The molecular weight excluding hydrogens is 398 g/mol. The van der Waals surface area contributed by atoms with Crippen molar-refractivity contribution in [2.24, 2.45) is 0 Å². The van der Waals surface area contributed by atoms with Gasteiger partial charge in [0.05, 0.1) is 31.3 Å². The molecule has 0 amide bonds. The summed E-state index contributed by atoms with van der Waals surface area (Å²) in [6.07, 6.45) is 8.91. The minimum atomic E-state index is 0.632. The minimum Gasteiger partial charge on any atom is -0.493 e. The highest BCUT2D eigenvalue weighted by atomic mass is 16.5.